The van der Waals surface area contributed by atoms with E-state index in [2.05, 4.69) is 25.3 Å². The molecular formula is C23H23N7O3. The number of carbonyl (C=O) groups is 2. The van der Waals surface area contributed by atoms with Crippen molar-refractivity contribution >= 4 is 22.7 Å². The van der Waals surface area contributed by atoms with Crippen LogP contribution in [-0.2, 0) is 18.5 Å². The van der Waals surface area contributed by atoms with Gasteiger partial charge in [0.2, 0.25) is 0 Å². The maximum absolute atomic E-state index is 13.5. The summed E-state index contributed by atoms with van der Waals surface area (Å²) in [4.78, 5) is 37.6. The number of aromatic nitrogens is 5. The number of hydrogen-bond donors (Lipinski definition) is 2. The van der Waals surface area contributed by atoms with Crippen LogP contribution in [0.4, 0.5) is 0 Å². The molecule has 6 rings (SSSR count). The summed E-state index contributed by atoms with van der Waals surface area (Å²) in [5.74, 6) is 0.682. The zero-order valence-electron chi connectivity index (χ0n) is 18.4. The van der Waals surface area contributed by atoms with E-state index in [4.69, 9.17) is 4.52 Å². The fraction of sp³-hybridized carbons (Fsp3) is 0.348. The lowest BCUT2D eigenvalue weighted by Crippen LogP contribution is -2.40. The van der Waals surface area contributed by atoms with Crippen LogP contribution in [0.15, 0.2) is 34.9 Å². The topological polar surface area (TPSA) is 124 Å². The van der Waals surface area contributed by atoms with Gasteiger partial charge < -0.3 is 19.3 Å². The van der Waals surface area contributed by atoms with Crippen molar-refractivity contribution in [3.8, 4) is 0 Å². The highest BCUT2D eigenvalue weighted by molar-refractivity contribution is 5.99. The summed E-state index contributed by atoms with van der Waals surface area (Å²) in [6.07, 6.45) is 2.13. The van der Waals surface area contributed by atoms with Crippen LogP contribution in [0.5, 0.6) is 0 Å². The fourth-order valence-electron chi connectivity index (χ4n) is 4.65. The van der Waals surface area contributed by atoms with Gasteiger partial charge in [0, 0.05) is 42.2 Å². The van der Waals surface area contributed by atoms with Crippen LogP contribution in [0.1, 0.15) is 56.8 Å². The standard InChI is InChI=1S/C23H23N7O3/c1-13-24-22(33-28-13)23(8-9-23)29(2)21(32)19-15-12-30(10-7-17(15)26-27-19)20(31)18-11-14-5-3-4-6-16(14)25-18/h3-6,11,25H,7-10,12H2,1-2H3,(H,26,27). The third-order valence-electron chi connectivity index (χ3n) is 6.78. The summed E-state index contributed by atoms with van der Waals surface area (Å²) >= 11 is 0. The third kappa shape index (κ3) is 3.05. The zero-order valence-corrected chi connectivity index (χ0v) is 18.4. The van der Waals surface area contributed by atoms with Gasteiger partial charge in [-0.1, -0.05) is 23.4 Å². The van der Waals surface area contributed by atoms with Gasteiger partial charge >= 0.3 is 0 Å². The average Bonchev–Trinajstić information content (AvgIpc) is 3.15. The van der Waals surface area contributed by atoms with Gasteiger partial charge in [-0.15, -0.1) is 0 Å². The van der Waals surface area contributed by atoms with Crippen molar-refractivity contribution in [1.29, 1.82) is 0 Å². The van der Waals surface area contributed by atoms with E-state index in [9.17, 15) is 9.59 Å². The minimum Gasteiger partial charge on any atom is -0.351 e. The van der Waals surface area contributed by atoms with E-state index in [1.165, 1.54) is 0 Å². The molecule has 0 bridgehead atoms. The molecule has 1 aromatic carbocycles. The minimum absolute atomic E-state index is 0.0928. The summed E-state index contributed by atoms with van der Waals surface area (Å²) in [6.45, 7) is 2.63. The lowest BCUT2D eigenvalue weighted by Gasteiger charge is -2.28. The predicted octanol–water partition coefficient (Wildman–Crippen LogP) is 2.54. The SMILES string of the molecule is Cc1noc(C2(N(C)C(=O)c3n[nH]c4c3CN(C(=O)c3cc5ccccc5[nH]3)CC4)CC2)n1. The van der Waals surface area contributed by atoms with Gasteiger partial charge in [-0.05, 0) is 31.9 Å². The summed E-state index contributed by atoms with van der Waals surface area (Å²) in [5, 5.41) is 12.2. The van der Waals surface area contributed by atoms with Crippen molar-refractivity contribution < 1.29 is 14.1 Å². The number of para-hydroxylation sites is 1. The molecule has 10 heteroatoms. The van der Waals surface area contributed by atoms with E-state index < -0.39 is 5.54 Å². The molecule has 1 saturated carbocycles. The smallest absolute Gasteiger partial charge is 0.275 e. The van der Waals surface area contributed by atoms with E-state index >= 15 is 0 Å². The van der Waals surface area contributed by atoms with Crippen molar-refractivity contribution in [2.75, 3.05) is 13.6 Å². The molecule has 0 spiro atoms. The second-order valence-electron chi connectivity index (χ2n) is 8.82. The molecule has 2 amide bonds. The molecule has 1 aliphatic heterocycles. The van der Waals surface area contributed by atoms with Gasteiger partial charge in [-0.25, -0.2) is 0 Å². The molecule has 1 aliphatic carbocycles. The van der Waals surface area contributed by atoms with Crippen LogP contribution in [0.3, 0.4) is 0 Å². The van der Waals surface area contributed by atoms with Gasteiger partial charge in [0.15, 0.2) is 11.5 Å². The predicted molar refractivity (Wildman–Crippen MR) is 117 cm³/mol. The van der Waals surface area contributed by atoms with Crippen molar-refractivity contribution in [3.63, 3.8) is 0 Å². The van der Waals surface area contributed by atoms with Crippen molar-refractivity contribution in [3.05, 3.63) is 64.7 Å². The number of fused-ring (bicyclic) bond motifs is 2. The molecule has 0 saturated heterocycles. The largest absolute Gasteiger partial charge is 0.351 e. The number of H-pyrrole nitrogens is 2. The quantitative estimate of drug-likeness (QED) is 0.497. The molecule has 0 atom stereocenters. The first-order valence-electron chi connectivity index (χ1n) is 11.0. The molecule has 2 N–H and O–H groups in total. The first-order chi connectivity index (χ1) is 16.0. The van der Waals surface area contributed by atoms with Gasteiger partial charge in [0.25, 0.3) is 17.7 Å². The van der Waals surface area contributed by atoms with Crippen LogP contribution in [0.2, 0.25) is 0 Å². The lowest BCUT2D eigenvalue weighted by molar-refractivity contribution is 0.0649. The molecule has 0 unspecified atom stereocenters. The maximum atomic E-state index is 13.5. The van der Waals surface area contributed by atoms with Gasteiger partial charge in [0.05, 0.1) is 6.54 Å². The highest BCUT2D eigenvalue weighted by atomic mass is 16.5. The van der Waals surface area contributed by atoms with Crippen LogP contribution in [0.25, 0.3) is 10.9 Å². The van der Waals surface area contributed by atoms with E-state index in [1.807, 2.05) is 30.3 Å². The first kappa shape index (κ1) is 19.7. The van der Waals surface area contributed by atoms with Gasteiger partial charge in [0.1, 0.15) is 11.2 Å². The summed E-state index contributed by atoms with van der Waals surface area (Å²) in [7, 11) is 1.74. The molecular weight excluding hydrogens is 422 g/mol. The molecule has 1 fully saturated rings. The number of aromatic amines is 2. The second-order valence-corrected chi connectivity index (χ2v) is 8.82. The Balaban J connectivity index is 1.26. The van der Waals surface area contributed by atoms with Crippen molar-refractivity contribution in [2.45, 2.75) is 38.3 Å². The van der Waals surface area contributed by atoms with Crippen LogP contribution in [0, 0.1) is 6.92 Å². The average molecular weight is 445 g/mol. The van der Waals surface area contributed by atoms with E-state index in [-0.39, 0.29) is 11.8 Å². The van der Waals surface area contributed by atoms with Crippen LogP contribution >= 0.6 is 0 Å². The number of aryl methyl sites for hydroxylation is 1. The Bertz CT molecular complexity index is 1360. The van der Waals surface area contributed by atoms with Crippen molar-refractivity contribution in [2.24, 2.45) is 0 Å². The number of nitrogens with zero attached hydrogens (tertiary/aromatic N) is 5. The molecule has 10 nitrogen and oxygen atoms in total. The monoisotopic (exact) mass is 445 g/mol. The number of rotatable bonds is 4. The Labute approximate surface area is 188 Å². The highest BCUT2D eigenvalue weighted by Crippen LogP contribution is 2.50. The van der Waals surface area contributed by atoms with E-state index in [0.717, 1.165) is 35.0 Å². The third-order valence-corrected chi connectivity index (χ3v) is 6.78. The minimum atomic E-state index is -0.585. The second kappa shape index (κ2) is 7.03. The van der Waals surface area contributed by atoms with Crippen LogP contribution < -0.4 is 0 Å². The van der Waals surface area contributed by atoms with E-state index in [1.54, 1.807) is 23.8 Å². The first-order valence-corrected chi connectivity index (χ1v) is 11.0. The molecule has 4 heterocycles. The summed E-state index contributed by atoms with van der Waals surface area (Å²) in [6, 6.07) is 9.66. The maximum Gasteiger partial charge on any atom is 0.275 e. The molecule has 3 aromatic heterocycles. The number of nitrogens with one attached hydrogen (secondary N) is 2. The van der Waals surface area contributed by atoms with Crippen molar-refractivity contribution in [1.82, 2.24) is 35.1 Å². The zero-order chi connectivity index (χ0) is 22.7. The Morgan fingerprint density at radius 3 is 2.79 bits per heavy atom. The normalized spacial score (nSPS) is 16.6. The Kier molecular flexibility index (Phi) is 4.20. The molecule has 168 valence electrons. The lowest BCUT2D eigenvalue weighted by atomic mass is 10.0. The number of benzene rings is 1. The Hall–Kier alpha value is -3.95. The highest BCUT2D eigenvalue weighted by Gasteiger charge is 2.55. The summed E-state index contributed by atoms with van der Waals surface area (Å²) < 4.78 is 5.38. The van der Waals surface area contributed by atoms with E-state index in [0.29, 0.717) is 42.6 Å². The Morgan fingerprint density at radius 2 is 2.06 bits per heavy atom. The van der Waals surface area contributed by atoms with Gasteiger partial charge in [-0.3, -0.25) is 14.7 Å². The molecule has 2 aliphatic rings. The number of amides is 2. The fourth-order valence-corrected chi connectivity index (χ4v) is 4.65. The molecule has 33 heavy (non-hydrogen) atoms. The summed E-state index contributed by atoms with van der Waals surface area (Å²) in [5.41, 5.74) is 2.87. The molecule has 0 radical (unpaired) electrons. The van der Waals surface area contributed by atoms with Gasteiger partial charge in [-0.2, -0.15) is 10.1 Å². The molecule has 4 aromatic rings. The Morgan fingerprint density at radius 1 is 1.24 bits per heavy atom. The van der Waals surface area contributed by atoms with Crippen LogP contribution in [-0.4, -0.2) is 60.5 Å². The number of carbonyl (C=O) groups excluding carboxylic acids is 2. The number of hydrogen-bond acceptors (Lipinski definition) is 6.